The molecule has 0 amide bonds. The Labute approximate surface area is 114 Å². The first-order valence-corrected chi connectivity index (χ1v) is 5.72. The molecular weight excluding hydrogens is 279 g/mol. The van der Waals surface area contributed by atoms with Crippen LogP contribution in [0, 0.1) is 0 Å². The van der Waals surface area contributed by atoms with Gasteiger partial charge in [-0.2, -0.15) is 0 Å². The van der Waals surface area contributed by atoms with E-state index in [-0.39, 0.29) is 5.57 Å². The third-order valence-electron chi connectivity index (χ3n) is 2.01. The van der Waals surface area contributed by atoms with E-state index in [1.165, 1.54) is 0 Å². The first kappa shape index (κ1) is 14.5. The number of carboxylic acid groups (broad SMARTS) is 1. The zero-order valence-electron chi connectivity index (χ0n) is 9.23. The average molecular weight is 289 g/mol. The van der Waals surface area contributed by atoms with E-state index >= 15 is 0 Å². The van der Waals surface area contributed by atoms with Gasteiger partial charge in [-0.1, -0.05) is 48.0 Å². The van der Waals surface area contributed by atoms with Gasteiger partial charge in [0, 0.05) is 16.2 Å². The number of aliphatic carboxylic acids is 1. The van der Waals surface area contributed by atoms with Crippen molar-refractivity contribution in [2.75, 3.05) is 0 Å². The molecule has 1 rings (SSSR count). The maximum absolute atomic E-state index is 11.5. The SMILES string of the molecule is C=C(CC(=O)O)C(=O)OC(Cl)c1ccccc1Cl. The largest absolute Gasteiger partial charge is 0.481 e. The number of carbonyl (C=O) groups excluding carboxylic acids is 1. The smallest absolute Gasteiger partial charge is 0.335 e. The molecule has 0 aliphatic carbocycles. The first-order chi connectivity index (χ1) is 8.41. The van der Waals surface area contributed by atoms with Gasteiger partial charge >= 0.3 is 11.9 Å². The molecule has 1 aromatic rings. The molecule has 1 aromatic carbocycles. The molecule has 18 heavy (non-hydrogen) atoms. The fourth-order valence-electron chi connectivity index (χ4n) is 1.15. The van der Waals surface area contributed by atoms with E-state index in [2.05, 4.69) is 6.58 Å². The van der Waals surface area contributed by atoms with Gasteiger partial charge < -0.3 is 9.84 Å². The molecule has 6 heteroatoms. The van der Waals surface area contributed by atoms with Crippen molar-refractivity contribution in [3.05, 3.63) is 47.0 Å². The molecule has 4 nitrogen and oxygen atoms in total. The summed E-state index contributed by atoms with van der Waals surface area (Å²) in [4.78, 5) is 21.9. The van der Waals surface area contributed by atoms with Crippen LogP contribution in [0.15, 0.2) is 36.4 Å². The highest BCUT2D eigenvalue weighted by atomic mass is 35.5. The second-order valence-electron chi connectivity index (χ2n) is 3.42. The molecule has 0 saturated heterocycles. The number of rotatable bonds is 5. The maximum Gasteiger partial charge on any atom is 0.335 e. The van der Waals surface area contributed by atoms with Gasteiger partial charge in [-0.15, -0.1) is 0 Å². The lowest BCUT2D eigenvalue weighted by Gasteiger charge is -2.13. The Bertz CT molecular complexity index is 485. The van der Waals surface area contributed by atoms with Crippen LogP contribution in [-0.4, -0.2) is 17.0 Å². The number of halogens is 2. The third kappa shape index (κ3) is 4.05. The number of esters is 1. The van der Waals surface area contributed by atoms with E-state index in [4.69, 9.17) is 33.0 Å². The Balaban J connectivity index is 2.68. The Kier molecular flexibility index (Phi) is 5.19. The van der Waals surface area contributed by atoms with Crippen molar-refractivity contribution in [1.29, 1.82) is 0 Å². The van der Waals surface area contributed by atoms with Crippen molar-refractivity contribution in [3.63, 3.8) is 0 Å². The predicted molar refractivity (Wildman–Crippen MR) is 67.5 cm³/mol. The van der Waals surface area contributed by atoms with Crippen LogP contribution in [0.5, 0.6) is 0 Å². The second-order valence-corrected chi connectivity index (χ2v) is 4.22. The minimum Gasteiger partial charge on any atom is -0.481 e. The van der Waals surface area contributed by atoms with Crippen LogP contribution in [0.2, 0.25) is 5.02 Å². The van der Waals surface area contributed by atoms with Gasteiger partial charge in [0.1, 0.15) is 0 Å². The summed E-state index contributed by atoms with van der Waals surface area (Å²) in [6.45, 7) is 3.32. The highest BCUT2D eigenvalue weighted by molar-refractivity contribution is 6.32. The van der Waals surface area contributed by atoms with E-state index in [0.717, 1.165) is 0 Å². The summed E-state index contributed by atoms with van der Waals surface area (Å²) < 4.78 is 4.86. The van der Waals surface area contributed by atoms with Crippen molar-refractivity contribution >= 4 is 35.1 Å². The zero-order chi connectivity index (χ0) is 13.7. The molecule has 0 heterocycles. The van der Waals surface area contributed by atoms with Crippen molar-refractivity contribution in [3.8, 4) is 0 Å². The van der Waals surface area contributed by atoms with Gasteiger partial charge in [0.05, 0.1) is 6.42 Å². The van der Waals surface area contributed by atoms with Crippen LogP contribution in [0.25, 0.3) is 0 Å². The molecule has 0 saturated carbocycles. The summed E-state index contributed by atoms with van der Waals surface area (Å²) in [5.41, 5.74) is -0.839. The van der Waals surface area contributed by atoms with Gasteiger partial charge in [-0.3, -0.25) is 4.79 Å². The number of hydrogen-bond donors (Lipinski definition) is 1. The summed E-state index contributed by atoms with van der Waals surface area (Å²) in [7, 11) is 0. The maximum atomic E-state index is 11.5. The van der Waals surface area contributed by atoms with E-state index in [9.17, 15) is 9.59 Å². The van der Waals surface area contributed by atoms with Gasteiger partial charge in [-0.25, -0.2) is 4.79 Å². The molecule has 0 aromatic heterocycles. The normalized spacial score (nSPS) is 11.7. The first-order valence-electron chi connectivity index (χ1n) is 4.91. The number of benzene rings is 1. The second kappa shape index (κ2) is 6.42. The van der Waals surface area contributed by atoms with Crippen LogP contribution in [-0.2, 0) is 14.3 Å². The quantitative estimate of drug-likeness (QED) is 0.514. The van der Waals surface area contributed by atoms with Crippen LogP contribution < -0.4 is 0 Å². The van der Waals surface area contributed by atoms with Gasteiger partial charge in [0.2, 0.25) is 5.56 Å². The van der Waals surface area contributed by atoms with Crippen LogP contribution in [0.3, 0.4) is 0 Å². The molecule has 96 valence electrons. The number of hydrogen-bond acceptors (Lipinski definition) is 3. The summed E-state index contributed by atoms with van der Waals surface area (Å²) in [5, 5.41) is 8.86. The van der Waals surface area contributed by atoms with Crippen LogP contribution in [0.4, 0.5) is 0 Å². The number of carboxylic acids is 1. The van der Waals surface area contributed by atoms with Crippen molar-refractivity contribution in [2.24, 2.45) is 0 Å². The monoisotopic (exact) mass is 288 g/mol. The molecular formula is C12H10Cl2O4. The molecule has 1 N–H and O–H groups in total. The number of alkyl halides is 1. The van der Waals surface area contributed by atoms with E-state index in [1.807, 2.05) is 0 Å². The molecule has 0 aliphatic heterocycles. The zero-order valence-corrected chi connectivity index (χ0v) is 10.7. The fourth-order valence-corrected chi connectivity index (χ4v) is 1.72. The van der Waals surface area contributed by atoms with Crippen molar-refractivity contribution in [1.82, 2.24) is 0 Å². The van der Waals surface area contributed by atoms with Crippen molar-refractivity contribution < 1.29 is 19.4 Å². The summed E-state index contributed by atoms with van der Waals surface area (Å²) >= 11 is 11.7. The van der Waals surface area contributed by atoms with Crippen LogP contribution >= 0.6 is 23.2 Å². The lowest BCUT2D eigenvalue weighted by Crippen LogP contribution is -2.12. The predicted octanol–water partition coefficient (Wildman–Crippen LogP) is 3.15. The van der Waals surface area contributed by atoms with Gasteiger partial charge in [0.15, 0.2) is 0 Å². The summed E-state index contributed by atoms with van der Waals surface area (Å²) in [6, 6.07) is 6.61. The molecule has 0 bridgehead atoms. The molecule has 0 aliphatic rings. The standard InChI is InChI=1S/C12H10Cl2O4/c1-7(6-10(15)16)12(17)18-11(14)8-4-2-3-5-9(8)13/h2-5,11H,1,6H2,(H,15,16). The highest BCUT2D eigenvalue weighted by Gasteiger charge is 2.19. The topological polar surface area (TPSA) is 63.6 Å². The molecule has 1 atom stereocenters. The minimum atomic E-state index is -1.17. The molecule has 0 spiro atoms. The number of carbonyl (C=O) groups is 2. The van der Waals surface area contributed by atoms with Gasteiger partial charge in [-0.05, 0) is 6.07 Å². The Morgan fingerprint density at radius 3 is 2.56 bits per heavy atom. The van der Waals surface area contributed by atoms with E-state index < -0.39 is 23.9 Å². The third-order valence-corrected chi connectivity index (χ3v) is 2.68. The van der Waals surface area contributed by atoms with Gasteiger partial charge in [0.25, 0.3) is 0 Å². The molecule has 0 fully saturated rings. The molecule has 0 radical (unpaired) electrons. The Hall–Kier alpha value is -1.52. The average Bonchev–Trinajstić information content (AvgIpc) is 2.28. The fraction of sp³-hybridized carbons (Fsp3) is 0.167. The number of ether oxygens (including phenoxy) is 1. The highest BCUT2D eigenvalue weighted by Crippen LogP contribution is 2.29. The summed E-state index contributed by atoms with van der Waals surface area (Å²) in [5.74, 6) is -2.03. The molecule has 1 unspecified atom stereocenters. The van der Waals surface area contributed by atoms with Crippen molar-refractivity contribution in [2.45, 2.75) is 12.0 Å². The van der Waals surface area contributed by atoms with E-state index in [1.54, 1.807) is 24.3 Å². The lowest BCUT2D eigenvalue weighted by molar-refractivity contribution is -0.144. The minimum absolute atomic E-state index is 0.180. The summed E-state index contributed by atoms with van der Waals surface area (Å²) in [6.07, 6.45) is -0.495. The van der Waals surface area contributed by atoms with Crippen LogP contribution in [0.1, 0.15) is 17.5 Å². The lowest BCUT2D eigenvalue weighted by atomic mass is 10.2. The Morgan fingerprint density at radius 1 is 1.39 bits per heavy atom. The Morgan fingerprint density at radius 2 is 2.00 bits per heavy atom. The van der Waals surface area contributed by atoms with E-state index in [0.29, 0.717) is 10.6 Å².